The Morgan fingerprint density at radius 1 is 1.05 bits per heavy atom. The summed E-state index contributed by atoms with van der Waals surface area (Å²) in [4.78, 5) is 20.3. The summed E-state index contributed by atoms with van der Waals surface area (Å²) < 4.78 is 18.5. The first-order chi connectivity index (χ1) is 7.22. The Labute approximate surface area is 152 Å². The molecule has 1 unspecified atom stereocenters. The van der Waals surface area contributed by atoms with Crippen LogP contribution in [0.5, 0.6) is 0 Å². The molecule has 1 aliphatic rings. The van der Waals surface area contributed by atoms with Gasteiger partial charge in [-0.15, -0.1) is 0 Å². The molecule has 0 bridgehead atoms. The molecule has 1 saturated heterocycles. The van der Waals surface area contributed by atoms with Gasteiger partial charge >= 0.3 is 59.1 Å². The van der Waals surface area contributed by atoms with Gasteiger partial charge in [0.15, 0.2) is 6.29 Å². The third-order valence-electron chi connectivity index (χ3n) is 2.08. The van der Waals surface area contributed by atoms with Crippen molar-refractivity contribution in [1.29, 1.82) is 0 Å². The van der Waals surface area contributed by atoms with Crippen LogP contribution in [0.1, 0.15) is 0 Å². The number of phosphoric ester groups is 1. The molecule has 0 amide bonds. The van der Waals surface area contributed by atoms with Crippen LogP contribution in [-0.2, 0) is 13.8 Å². The van der Waals surface area contributed by atoms with E-state index in [4.69, 9.17) is 10.2 Å². The van der Waals surface area contributed by atoms with Crippen molar-refractivity contribution in [3.63, 3.8) is 0 Å². The van der Waals surface area contributed by atoms with E-state index in [0.29, 0.717) is 0 Å². The molecule has 10 nitrogen and oxygen atoms in total. The molecule has 104 valence electrons. The van der Waals surface area contributed by atoms with Gasteiger partial charge in [-0.3, -0.25) is 0 Å². The quantitative estimate of drug-likeness (QED) is 0.288. The van der Waals surface area contributed by atoms with Crippen LogP contribution in [0, 0.1) is 0 Å². The number of hydrogen-bond acceptors (Lipinski definition) is 9. The molecule has 0 radical (unpaired) electrons. The van der Waals surface area contributed by atoms with Crippen LogP contribution in [0.25, 0.3) is 0 Å². The van der Waals surface area contributed by atoms with Gasteiger partial charge in [0.1, 0.15) is 24.4 Å². The van der Waals surface area contributed by atoms with Gasteiger partial charge in [0.05, 0.1) is 14.4 Å². The van der Waals surface area contributed by atoms with Crippen molar-refractivity contribution in [2.45, 2.75) is 30.7 Å². The van der Waals surface area contributed by atoms with Gasteiger partial charge in [-0.25, -0.2) is 0 Å². The summed E-state index contributed by atoms with van der Waals surface area (Å²) in [7, 11) is -5.23. The predicted octanol–water partition coefficient (Wildman–Crippen LogP) is -11.2. The number of aliphatic hydroxyl groups excluding tert-OH is 4. The minimum Gasteiger partial charge on any atom is -0.790 e. The fraction of sp³-hybridized carbons (Fsp3) is 1.00. The van der Waals surface area contributed by atoms with Gasteiger partial charge in [0.2, 0.25) is 0 Å². The predicted molar refractivity (Wildman–Crippen MR) is 46.1 cm³/mol. The van der Waals surface area contributed by atoms with Gasteiger partial charge < -0.3 is 49.5 Å². The molecule has 0 aromatic heterocycles. The zero-order valence-electron chi connectivity index (χ0n) is 10.4. The molecule has 6 N–H and O–H groups in total. The monoisotopic (exact) mass is 322 g/mol. The Morgan fingerprint density at radius 2 is 1.53 bits per heavy atom. The third kappa shape index (κ3) is 8.17. The van der Waals surface area contributed by atoms with Gasteiger partial charge in [0, 0.05) is 0 Å². The first-order valence-electron chi connectivity index (χ1n) is 4.26. The van der Waals surface area contributed by atoms with E-state index in [1.165, 1.54) is 0 Å². The number of hydrogen-bond donors (Lipinski definition) is 4. The third-order valence-corrected chi connectivity index (χ3v) is 2.55. The van der Waals surface area contributed by atoms with Crippen molar-refractivity contribution in [1.82, 2.24) is 0 Å². The zero-order valence-corrected chi connectivity index (χ0v) is 15.3. The summed E-state index contributed by atoms with van der Waals surface area (Å²) in [6, 6.07) is 0. The van der Waals surface area contributed by atoms with Crippen LogP contribution >= 0.6 is 7.82 Å². The van der Waals surface area contributed by atoms with E-state index in [2.05, 4.69) is 9.26 Å². The second kappa shape index (κ2) is 10.6. The Hall–Kier alpha value is 1.87. The molecule has 13 heteroatoms. The SMILES string of the molecule is O.O=P([O-])([O-])OC[C@H]1OC(O)[C@H](O)[C@@H](O)[C@@H]1O.[Na+].[Na+]. The molecule has 1 aliphatic heterocycles. The van der Waals surface area contributed by atoms with Crippen molar-refractivity contribution in [2.24, 2.45) is 0 Å². The average Bonchev–Trinajstić information content (AvgIpc) is 2.17. The standard InChI is InChI=1S/C6H13O9P.2Na.H2O/c7-3-2(1-14-16(11,12)13)15-6(10)5(9)4(3)8;;;/h2-10H,1H2,(H2,11,12,13);;;1H2/q;2*+1;/p-2/t2-,3-,4+,5-,6?;;;/m1.../s1. The normalized spacial score (nSPS) is 34.5. The number of rotatable bonds is 3. The number of phosphoric acid groups is 1. The largest absolute Gasteiger partial charge is 1.00 e. The maximum absolute atomic E-state index is 10.1. The molecule has 0 aromatic rings. The molecule has 1 rings (SSSR count). The van der Waals surface area contributed by atoms with Crippen LogP contribution in [0.2, 0.25) is 0 Å². The van der Waals surface area contributed by atoms with Crippen LogP contribution in [0.3, 0.4) is 0 Å². The Bertz CT molecular complexity index is 287. The van der Waals surface area contributed by atoms with E-state index >= 15 is 0 Å². The van der Waals surface area contributed by atoms with Crippen molar-refractivity contribution < 1.29 is 109 Å². The van der Waals surface area contributed by atoms with Gasteiger partial charge in [-0.2, -0.15) is 0 Å². The summed E-state index contributed by atoms with van der Waals surface area (Å²) in [5.41, 5.74) is 0. The zero-order chi connectivity index (χ0) is 12.5. The molecule has 1 heterocycles. The molecule has 0 saturated carbocycles. The van der Waals surface area contributed by atoms with Gasteiger partial charge in [0.25, 0.3) is 0 Å². The summed E-state index contributed by atoms with van der Waals surface area (Å²) in [6.07, 6.45) is -8.35. The van der Waals surface area contributed by atoms with Gasteiger partial charge in [-0.05, 0) is 0 Å². The van der Waals surface area contributed by atoms with Crippen molar-refractivity contribution in [3.8, 4) is 0 Å². The van der Waals surface area contributed by atoms with E-state index in [1.807, 2.05) is 0 Å². The van der Waals surface area contributed by atoms with Crippen LogP contribution in [-0.4, -0.2) is 63.2 Å². The fourth-order valence-electron chi connectivity index (χ4n) is 1.23. The number of ether oxygens (including phenoxy) is 1. The Balaban J connectivity index is -0.000000853. The molecular formula is C6H13Na2O10P. The van der Waals surface area contributed by atoms with Crippen LogP contribution in [0.4, 0.5) is 0 Å². The Kier molecular flexibility index (Phi) is 14.4. The Morgan fingerprint density at radius 3 is 1.95 bits per heavy atom. The van der Waals surface area contributed by atoms with E-state index in [1.54, 1.807) is 0 Å². The molecule has 0 aromatic carbocycles. The maximum atomic E-state index is 10.1. The first-order valence-corrected chi connectivity index (χ1v) is 5.73. The molecular weight excluding hydrogens is 309 g/mol. The molecule has 0 spiro atoms. The maximum Gasteiger partial charge on any atom is 1.00 e. The molecule has 19 heavy (non-hydrogen) atoms. The van der Waals surface area contributed by atoms with Crippen molar-refractivity contribution >= 4 is 7.82 Å². The smallest absolute Gasteiger partial charge is 0.790 e. The second-order valence-electron chi connectivity index (χ2n) is 3.28. The second-order valence-corrected chi connectivity index (χ2v) is 4.43. The van der Waals surface area contributed by atoms with E-state index in [0.717, 1.165) is 0 Å². The van der Waals surface area contributed by atoms with Crippen molar-refractivity contribution in [2.75, 3.05) is 6.61 Å². The summed E-state index contributed by atoms with van der Waals surface area (Å²) in [5.74, 6) is 0. The summed E-state index contributed by atoms with van der Waals surface area (Å²) in [5, 5.41) is 36.6. The van der Waals surface area contributed by atoms with Crippen LogP contribution in [0.15, 0.2) is 0 Å². The molecule has 5 atom stereocenters. The minimum absolute atomic E-state index is 0. The van der Waals surface area contributed by atoms with Crippen molar-refractivity contribution in [3.05, 3.63) is 0 Å². The van der Waals surface area contributed by atoms with Crippen LogP contribution < -0.4 is 68.9 Å². The van der Waals surface area contributed by atoms with E-state index in [9.17, 15) is 24.6 Å². The topological polar surface area (TPSA) is 194 Å². The van der Waals surface area contributed by atoms with E-state index in [-0.39, 0.29) is 64.6 Å². The molecule has 0 aliphatic carbocycles. The van der Waals surface area contributed by atoms with E-state index < -0.39 is 45.1 Å². The first kappa shape index (κ1) is 25.8. The minimum atomic E-state index is -5.23. The number of aliphatic hydroxyl groups is 4. The van der Waals surface area contributed by atoms with Gasteiger partial charge in [-0.1, -0.05) is 0 Å². The summed E-state index contributed by atoms with van der Waals surface area (Å²) >= 11 is 0. The summed E-state index contributed by atoms with van der Waals surface area (Å²) in [6.45, 7) is -0.855. The fourth-order valence-corrected chi connectivity index (χ4v) is 1.56. The molecule has 1 fully saturated rings. The average molecular weight is 322 g/mol.